The predicted octanol–water partition coefficient (Wildman–Crippen LogP) is 6.00. The van der Waals surface area contributed by atoms with Gasteiger partial charge in [-0.3, -0.25) is 0 Å². The van der Waals surface area contributed by atoms with Crippen molar-refractivity contribution in [1.82, 2.24) is 0 Å². The van der Waals surface area contributed by atoms with Gasteiger partial charge in [0.05, 0.1) is 5.69 Å². The van der Waals surface area contributed by atoms with E-state index in [0.29, 0.717) is 16.5 Å². The molecule has 3 rings (SSSR count). The molecular weight excluding hydrogens is 328 g/mol. The Kier molecular flexibility index (Phi) is 5.27. The summed E-state index contributed by atoms with van der Waals surface area (Å²) in [7, 11) is 0. The fraction of sp³-hybridized carbons (Fsp3) is 0.190. The summed E-state index contributed by atoms with van der Waals surface area (Å²) in [5.74, 6) is -1.58. The second-order valence-corrected chi connectivity index (χ2v) is 6.12. The zero-order chi connectivity index (χ0) is 18.5. The van der Waals surface area contributed by atoms with Crippen LogP contribution in [-0.4, -0.2) is 16.2 Å². The van der Waals surface area contributed by atoms with Crippen LogP contribution in [0.3, 0.4) is 0 Å². The van der Waals surface area contributed by atoms with Gasteiger partial charge in [-0.2, -0.15) is 5.11 Å². The van der Waals surface area contributed by atoms with E-state index in [9.17, 15) is 15.0 Å². The molecule has 0 unspecified atom stereocenters. The Labute approximate surface area is 151 Å². The number of aryl methyl sites for hydroxylation is 1. The molecule has 0 aliphatic carbocycles. The summed E-state index contributed by atoms with van der Waals surface area (Å²) in [4.78, 5) is 11.4. The highest BCUT2D eigenvalue weighted by molar-refractivity contribution is 6.04. The van der Waals surface area contributed by atoms with Crippen molar-refractivity contribution in [2.75, 3.05) is 0 Å². The molecule has 0 bridgehead atoms. The molecule has 5 nitrogen and oxygen atoms in total. The molecule has 0 aliphatic heterocycles. The first-order valence-electron chi connectivity index (χ1n) is 8.59. The second-order valence-electron chi connectivity index (χ2n) is 6.12. The number of carbonyl (C=O) groups is 1. The first-order valence-corrected chi connectivity index (χ1v) is 8.59. The average molecular weight is 348 g/mol. The highest BCUT2D eigenvalue weighted by Crippen LogP contribution is 2.39. The van der Waals surface area contributed by atoms with Crippen molar-refractivity contribution in [3.05, 3.63) is 65.7 Å². The van der Waals surface area contributed by atoms with E-state index in [2.05, 4.69) is 17.2 Å². The predicted molar refractivity (Wildman–Crippen MR) is 102 cm³/mol. The standard InChI is InChI=1S/C21H20N2O3/c1-2-3-6-14-9-11-16(12-10-14)22-23-19-17-8-5-4-7-15(17)13-18(20(19)24)21(25)26/h4-5,7-13,24H,2-3,6H2,1H3,(H,25,26). The number of unbranched alkanes of at least 4 members (excludes halogenated alkanes) is 1. The van der Waals surface area contributed by atoms with Gasteiger partial charge in [0.2, 0.25) is 0 Å². The number of aromatic carboxylic acids is 1. The van der Waals surface area contributed by atoms with Crippen LogP contribution in [0.1, 0.15) is 35.7 Å². The van der Waals surface area contributed by atoms with Crippen molar-refractivity contribution >= 4 is 28.1 Å². The lowest BCUT2D eigenvalue weighted by atomic mass is 10.0. The maximum atomic E-state index is 11.4. The van der Waals surface area contributed by atoms with Crippen LogP contribution in [0.5, 0.6) is 5.75 Å². The Balaban J connectivity index is 1.98. The molecule has 0 atom stereocenters. The number of carboxylic acid groups (broad SMARTS) is 1. The molecule has 0 spiro atoms. The summed E-state index contributed by atoms with van der Waals surface area (Å²) in [5, 5.41) is 29.3. The van der Waals surface area contributed by atoms with Gasteiger partial charge in [-0.25, -0.2) is 4.79 Å². The van der Waals surface area contributed by atoms with E-state index in [0.717, 1.165) is 19.3 Å². The first kappa shape index (κ1) is 17.6. The van der Waals surface area contributed by atoms with Crippen molar-refractivity contribution in [1.29, 1.82) is 0 Å². The van der Waals surface area contributed by atoms with E-state index < -0.39 is 5.97 Å². The van der Waals surface area contributed by atoms with E-state index in [1.165, 1.54) is 11.6 Å². The van der Waals surface area contributed by atoms with Crippen LogP contribution in [0, 0.1) is 0 Å². The Morgan fingerprint density at radius 2 is 1.77 bits per heavy atom. The van der Waals surface area contributed by atoms with Crippen molar-refractivity contribution in [2.24, 2.45) is 10.2 Å². The Bertz CT molecular complexity index is 963. The maximum Gasteiger partial charge on any atom is 0.339 e. The van der Waals surface area contributed by atoms with E-state index in [1.807, 2.05) is 30.3 Å². The highest BCUT2D eigenvalue weighted by atomic mass is 16.4. The minimum Gasteiger partial charge on any atom is -0.505 e. The molecule has 132 valence electrons. The molecule has 0 heterocycles. The number of benzene rings is 3. The number of phenols is 1. The van der Waals surface area contributed by atoms with Gasteiger partial charge in [0.25, 0.3) is 0 Å². The molecule has 0 saturated heterocycles. The number of carboxylic acids is 1. The molecule has 3 aromatic rings. The van der Waals surface area contributed by atoms with Crippen molar-refractivity contribution < 1.29 is 15.0 Å². The van der Waals surface area contributed by atoms with Gasteiger partial charge in [0.15, 0.2) is 5.75 Å². The Morgan fingerprint density at radius 3 is 2.46 bits per heavy atom. The SMILES string of the molecule is CCCCc1ccc(N=Nc2c(O)c(C(=O)O)cc3ccccc23)cc1. The number of hydrogen-bond donors (Lipinski definition) is 2. The molecular formula is C21H20N2O3. The molecule has 0 fully saturated rings. The van der Waals surface area contributed by atoms with E-state index in [1.54, 1.807) is 18.2 Å². The number of azo groups is 1. The monoisotopic (exact) mass is 348 g/mol. The third kappa shape index (κ3) is 3.72. The van der Waals surface area contributed by atoms with Crippen molar-refractivity contribution in [2.45, 2.75) is 26.2 Å². The minimum atomic E-state index is -1.20. The fourth-order valence-electron chi connectivity index (χ4n) is 2.80. The van der Waals surface area contributed by atoms with E-state index in [4.69, 9.17) is 0 Å². The molecule has 26 heavy (non-hydrogen) atoms. The zero-order valence-electron chi connectivity index (χ0n) is 14.5. The normalized spacial score (nSPS) is 11.3. The van der Waals surface area contributed by atoms with Gasteiger partial charge in [-0.15, -0.1) is 5.11 Å². The lowest BCUT2D eigenvalue weighted by molar-refractivity contribution is 0.0694. The number of fused-ring (bicyclic) bond motifs is 1. The fourth-order valence-corrected chi connectivity index (χ4v) is 2.80. The second kappa shape index (κ2) is 7.78. The Morgan fingerprint density at radius 1 is 1.04 bits per heavy atom. The molecule has 5 heteroatoms. The molecule has 0 aliphatic rings. The lowest BCUT2D eigenvalue weighted by Gasteiger charge is -2.07. The van der Waals surface area contributed by atoms with Crippen LogP contribution in [-0.2, 0) is 6.42 Å². The van der Waals surface area contributed by atoms with Crippen molar-refractivity contribution in [3.63, 3.8) is 0 Å². The van der Waals surface area contributed by atoms with Crippen LogP contribution in [0.4, 0.5) is 11.4 Å². The smallest absolute Gasteiger partial charge is 0.339 e. The van der Waals surface area contributed by atoms with Crippen LogP contribution in [0.2, 0.25) is 0 Å². The summed E-state index contributed by atoms with van der Waals surface area (Å²) in [6.07, 6.45) is 3.32. The van der Waals surface area contributed by atoms with Crippen molar-refractivity contribution in [3.8, 4) is 5.75 Å². The molecule has 0 aromatic heterocycles. The number of nitrogens with zero attached hydrogens (tertiary/aromatic N) is 2. The largest absolute Gasteiger partial charge is 0.505 e. The summed E-state index contributed by atoms with van der Waals surface area (Å²) < 4.78 is 0. The molecule has 2 N–H and O–H groups in total. The van der Waals surface area contributed by atoms with Crippen LogP contribution < -0.4 is 0 Å². The maximum absolute atomic E-state index is 11.4. The number of hydrogen-bond acceptors (Lipinski definition) is 4. The topological polar surface area (TPSA) is 82.2 Å². The molecule has 0 amide bonds. The summed E-state index contributed by atoms with van der Waals surface area (Å²) in [6.45, 7) is 2.16. The molecule has 3 aromatic carbocycles. The Hall–Kier alpha value is -3.21. The highest BCUT2D eigenvalue weighted by Gasteiger charge is 2.17. The van der Waals surface area contributed by atoms with Gasteiger partial charge < -0.3 is 10.2 Å². The van der Waals surface area contributed by atoms with Gasteiger partial charge in [0.1, 0.15) is 11.3 Å². The third-order valence-corrected chi connectivity index (χ3v) is 4.25. The van der Waals surface area contributed by atoms with E-state index in [-0.39, 0.29) is 17.0 Å². The van der Waals surface area contributed by atoms with Crippen LogP contribution >= 0.6 is 0 Å². The summed E-state index contributed by atoms with van der Waals surface area (Å²) in [5.41, 5.74) is 1.87. The van der Waals surface area contributed by atoms with Gasteiger partial charge in [-0.05, 0) is 42.0 Å². The minimum absolute atomic E-state index is 0.163. The van der Waals surface area contributed by atoms with Crippen LogP contribution in [0.15, 0.2) is 64.8 Å². The van der Waals surface area contributed by atoms with Gasteiger partial charge >= 0.3 is 5.97 Å². The molecule has 0 saturated carbocycles. The quantitative estimate of drug-likeness (QED) is 0.536. The lowest BCUT2D eigenvalue weighted by Crippen LogP contribution is -1.97. The summed E-state index contributed by atoms with van der Waals surface area (Å²) in [6, 6.07) is 16.4. The molecule has 0 radical (unpaired) electrons. The first-order chi connectivity index (χ1) is 12.6. The number of aromatic hydroxyl groups is 1. The summed E-state index contributed by atoms with van der Waals surface area (Å²) >= 11 is 0. The zero-order valence-corrected chi connectivity index (χ0v) is 14.5. The third-order valence-electron chi connectivity index (χ3n) is 4.25. The van der Waals surface area contributed by atoms with Crippen LogP contribution in [0.25, 0.3) is 10.8 Å². The van der Waals surface area contributed by atoms with Gasteiger partial charge in [0, 0.05) is 5.39 Å². The van der Waals surface area contributed by atoms with E-state index >= 15 is 0 Å². The van der Waals surface area contributed by atoms with Gasteiger partial charge in [-0.1, -0.05) is 49.7 Å². The average Bonchev–Trinajstić information content (AvgIpc) is 2.66. The number of rotatable bonds is 6.